The second-order valence-corrected chi connectivity index (χ2v) is 4.14. The molecule has 21 heavy (non-hydrogen) atoms. The third-order valence-electron chi connectivity index (χ3n) is 2.81. The second kappa shape index (κ2) is 6.17. The summed E-state index contributed by atoms with van der Waals surface area (Å²) in [6, 6.07) is 6.23. The van der Waals surface area contributed by atoms with E-state index in [4.69, 9.17) is 9.47 Å². The first-order valence-corrected chi connectivity index (χ1v) is 6.04. The maximum Gasteiger partial charge on any atom is 0.267 e. The van der Waals surface area contributed by atoms with Crippen LogP contribution in [-0.4, -0.2) is 29.8 Å². The number of aromatic nitrogens is 2. The van der Waals surface area contributed by atoms with Crippen molar-refractivity contribution in [1.82, 2.24) is 9.78 Å². The van der Waals surface area contributed by atoms with Crippen molar-refractivity contribution in [2.24, 2.45) is 0 Å². The number of rotatable bonds is 5. The minimum absolute atomic E-state index is 0.0500. The largest absolute Gasteiger partial charge is 0.496 e. The maximum absolute atomic E-state index is 13.3. The van der Waals surface area contributed by atoms with Crippen LogP contribution in [0, 0.1) is 5.82 Å². The van der Waals surface area contributed by atoms with E-state index in [1.54, 1.807) is 0 Å². The van der Waals surface area contributed by atoms with Crippen LogP contribution in [0.25, 0.3) is 0 Å². The van der Waals surface area contributed by atoms with Gasteiger partial charge in [-0.2, -0.15) is 0 Å². The number of carbonyl (C=O) groups is 1. The number of hydrogen-bond donors (Lipinski definition) is 0. The highest BCUT2D eigenvalue weighted by molar-refractivity contribution is 5.98. The van der Waals surface area contributed by atoms with Gasteiger partial charge in [-0.1, -0.05) is 0 Å². The number of ether oxygens (including phenoxy) is 2. The molecule has 0 aliphatic heterocycles. The van der Waals surface area contributed by atoms with Crippen molar-refractivity contribution in [3.63, 3.8) is 0 Å². The minimum atomic E-state index is -0.565. The lowest BCUT2D eigenvalue weighted by Gasteiger charge is -2.09. The van der Waals surface area contributed by atoms with E-state index in [1.165, 1.54) is 38.5 Å². The molecule has 0 atom stereocenters. The standard InChI is InChI=1S/C14H13FN2O4/c1-20-12-4-3-9(15)7-10(12)11(18)8-17-14(19)6-5-13(16-17)21-2/h3-7H,8H2,1-2H3. The second-order valence-electron chi connectivity index (χ2n) is 4.14. The van der Waals surface area contributed by atoms with Crippen LogP contribution in [0.1, 0.15) is 10.4 Å². The molecule has 1 aromatic heterocycles. The maximum atomic E-state index is 13.3. The smallest absolute Gasteiger partial charge is 0.267 e. The fourth-order valence-electron chi connectivity index (χ4n) is 1.77. The monoisotopic (exact) mass is 292 g/mol. The van der Waals surface area contributed by atoms with Gasteiger partial charge >= 0.3 is 0 Å². The van der Waals surface area contributed by atoms with Crippen LogP contribution in [0.3, 0.4) is 0 Å². The van der Waals surface area contributed by atoms with E-state index in [0.717, 1.165) is 10.7 Å². The van der Waals surface area contributed by atoms with Crippen LogP contribution in [0.2, 0.25) is 0 Å². The van der Waals surface area contributed by atoms with Crippen molar-refractivity contribution in [2.45, 2.75) is 6.54 Å². The molecular formula is C14H13FN2O4. The van der Waals surface area contributed by atoms with E-state index >= 15 is 0 Å². The molecular weight excluding hydrogens is 279 g/mol. The van der Waals surface area contributed by atoms with E-state index in [0.29, 0.717) is 0 Å². The Morgan fingerprint density at radius 1 is 1.24 bits per heavy atom. The summed E-state index contributed by atoms with van der Waals surface area (Å²) in [5.41, 5.74) is -0.409. The summed E-state index contributed by atoms with van der Waals surface area (Å²) in [5, 5.41) is 3.86. The van der Waals surface area contributed by atoms with Crippen molar-refractivity contribution < 1.29 is 18.7 Å². The van der Waals surface area contributed by atoms with Gasteiger partial charge < -0.3 is 9.47 Å². The quantitative estimate of drug-likeness (QED) is 0.776. The van der Waals surface area contributed by atoms with Crippen LogP contribution in [-0.2, 0) is 6.54 Å². The molecule has 0 aliphatic rings. The molecule has 0 bridgehead atoms. The van der Waals surface area contributed by atoms with Crippen LogP contribution in [0.15, 0.2) is 35.1 Å². The summed E-state index contributed by atoms with van der Waals surface area (Å²) >= 11 is 0. The molecule has 110 valence electrons. The van der Waals surface area contributed by atoms with Gasteiger partial charge in [-0.3, -0.25) is 9.59 Å². The lowest BCUT2D eigenvalue weighted by atomic mass is 10.1. The fraction of sp³-hybridized carbons (Fsp3) is 0.214. The summed E-state index contributed by atoms with van der Waals surface area (Å²) in [6.07, 6.45) is 0. The van der Waals surface area contributed by atoms with Crippen molar-refractivity contribution in [1.29, 1.82) is 0 Å². The average molecular weight is 292 g/mol. The number of hydrogen-bond acceptors (Lipinski definition) is 5. The molecule has 2 aromatic rings. The van der Waals surface area contributed by atoms with Gasteiger partial charge in [-0.05, 0) is 18.2 Å². The number of ketones is 1. The van der Waals surface area contributed by atoms with E-state index in [1.807, 2.05) is 0 Å². The SMILES string of the molecule is COc1ccc(=O)n(CC(=O)c2cc(F)ccc2OC)n1. The number of Topliss-reactive ketones (excluding diaryl/α,β-unsaturated/α-hetero) is 1. The highest BCUT2D eigenvalue weighted by Gasteiger charge is 2.15. The van der Waals surface area contributed by atoms with Gasteiger partial charge in [-0.25, -0.2) is 9.07 Å². The van der Waals surface area contributed by atoms with Crippen LogP contribution in [0.4, 0.5) is 4.39 Å². The summed E-state index contributed by atoms with van der Waals surface area (Å²) in [5.74, 6) is -0.620. The minimum Gasteiger partial charge on any atom is -0.496 e. The molecule has 0 amide bonds. The van der Waals surface area contributed by atoms with E-state index in [-0.39, 0.29) is 23.7 Å². The molecule has 7 heteroatoms. The first kappa shape index (κ1) is 14.7. The third-order valence-corrected chi connectivity index (χ3v) is 2.81. The molecule has 1 aromatic carbocycles. The molecule has 0 N–H and O–H groups in total. The van der Waals surface area contributed by atoms with Crippen molar-refractivity contribution in [3.05, 3.63) is 52.1 Å². The Morgan fingerprint density at radius 3 is 2.67 bits per heavy atom. The molecule has 0 spiro atoms. The number of methoxy groups -OCH3 is 2. The zero-order valence-electron chi connectivity index (χ0n) is 11.5. The zero-order chi connectivity index (χ0) is 15.4. The van der Waals surface area contributed by atoms with Gasteiger partial charge in [0, 0.05) is 12.1 Å². The first-order valence-electron chi connectivity index (χ1n) is 6.04. The topological polar surface area (TPSA) is 70.4 Å². The zero-order valence-corrected chi connectivity index (χ0v) is 11.5. The van der Waals surface area contributed by atoms with Gasteiger partial charge in [0.2, 0.25) is 5.88 Å². The van der Waals surface area contributed by atoms with E-state index in [9.17, 15) is 14.0 Å². The third kappa shape index (κ3) is 3.25. The first-order chi connectivity index (χ1) is 10.0. The highest BCUT2D eigenvalue weighted by atomic mass is 19.1. The van der Waals surface area contributed by atoms with Crippen molar-refractivity contribution in [3.8, 4) is 11.6 Å². The number of nitrogens with zero attached hydrogens (tertiary/aromatic N) is 2. The molecule has 0 radical (unpaired) electrons. The molecule has 2 rings (SSSR count). The number of benzene rings is 1. The van der Waals surface area contributed by atoms with Gasteiger partial charge in [0.05, 0.1) is 19.8 Å². The Hall–Kier alpha value is -2.70. The Balaban J connectivity index is 2.34. The molecule has 6 nitrogen and oxygen atoms in total. The number of halogens is 1. The van der Waals surface area contributed by atoms with Crippen LogP contribution in [0.5, 0.6) is 11.6 Å². The van der Waals surface area contributed by atoms with Crippen molar-refractivity contribution >= 4 is 5.78 Å². The molecule has 0 fully saturated rings. The molecule has 1 heterocycles. The predicted molar refractivity (Wildman–Crippen MR) is 72.3 cm³/mol. The molecule has 0 saturated carbocycles. The van der Waals surface area contributed by atoms with Crippen LogP contribution >= 0.6 is 0 Å². The van der Waals surface area contributed by atoms with Gasteiger partial charge in [-0.15, -0.1) is 5.10 Å². The summed E-state index contributed by atoms with van der Waals surface area (Å²) in [4.78, 5) is 23.9. The van der Waals surface area contributed by atoms with Gasteiger partial charge in [0.15, 0.2) is 5.78 Å². The Labute approximate surface area is 119 Å². The predicted octanol–water partition coefficient (Wildman–Crippen LogP) is 1.28. The Morgan fingerprint density at radius 2 is 2.00 bits per heavy atom. The summed E-state index contributed by atoms with van der Waals surface area (Å²) in [7, 11) is 2.77. The van der Waals surface area contributed by atoms with E-state index in [2.05, 4.69) is 5.10 Å². The fourth-order valence-corrected chi connectivity index (χ4v) is 1.77. The lowest BCUT2D eigenvalue weighted by Crippen LogP contribution is -2.26. The lowest BCUT2D eigenvalue weighted by molar-refractivity contribution is 0.0961. The molecule has 0 aliphatic carbocycles. The Bertz CT molecular complexity index is 727. The molecule has 0 unspecified atom stereocenters. The Kier molecular flexibility index (Phi) is 4.32. The van der Waals surface area contributed by atoms with Crippen LogP contribution < -0.4 is 15.0 Å². The highest BCUT2D eigenvalue weighted by Crippen LogP contribution is 2.20. The van der Waals surface area contributed by atoms with Crippen molar-refractivity contribution in [2.75, 3.05) is 14.2 Å². The van der Waals surface area contributed by atoms with Gasteiger partial charge in [0.25, 0.3) is 5.56 Å². The van der Waals surface area contributed by atoms with E-state index < -0.39 is 17.2 Å². The number of carbonyl (C=O) groups excluding carboxylic acids is 1. The molecule has 0 saturated heterocycles. The summed E-state index contributed by atoms with van der Waals surface area (Å²) < 4.78 is 24.1. The summed E-state index contributed by atoms with van der Waals surface area (Å²) in [6.45, 7) is -0.337. The normalized spacial score (nSPS) is 10.2. The average Bonchev–Trinajstić information content (AvgIpc) is 2.49. The van der Waals surface area contributed by atoms with Gasteiger partial charge in [0.1, 0.15) is 18.1 Å².